The first-order valence-corrected chi connectivity index (χ1v) is 6.03. The zero-order valence-electron chi connectivity index (χ0n) is 11.2. The van der Waals surface area contributed by atoms with E-state index < -0.39 is 17.6 Å². The highest BCUT2D eigenvalue weighted by Crippen LogP contribution is 2.32. The van der Waals surface area contributed by atoms with E-state index in [1.165, 1.54) is 6.34 Å². The summed E-state index contributed by atoms with van der Waals surface area (Å²) in [5.41, 5.74) is 1.25. The van der Waals surface area contributed by atoms with Crippen molar-refractivity contribution in [2.45, 2.75) is 6.18 Å². The molecule has 0 aliphatic carbocycles. The van der Waals surface area contributed by atoms with Crippen molar-refractivity contribution in [3.8, 4) is 0 Å². The number of alkyl halides is 3. The zero-order valence-corrected chi connectivity index (χ0v) is 12.0. The lowest BCUT2D eigenvalue weighted by Crippen LogP contribution is -2.27. The van der Waals surface area contributed by atoms with Gasteiger partial charge in [0.05, 0.1) is 17.1 Å². The minimum absolute atomic E-state index is 0.0172. The summed E-state index contributed by atoms with van der Waals surface area (Å²) in [7, 11) is 3.44. The third kappa shape index (κ3) is 5.86. The van der Waals surface area contributed by atoms with Crippen molar-refractivity contribution in [1.29, 1.82) is 0 Å². The van der Waals surface area contributed by atoms with Gasteiger partial charge >= 0.3 is 6.18 Å². The predicted octanol–water partition coefficient (Wildman–Crippen LogP) is 1.79. The number of hydrogen-bond acceptors (Lipinski definition) is 4. The Morgan fingerprint density at radius 2 is 2.19 bits per heavy atom. The van der Waals surface area contributed by atoms with Crippen molar-refractivity contribution >= 4 is 29.7 Å². The molecular weight excluding hydrogens is 311 g/mol. The van der Waals surface area contributed by atoms with Gasteiger partial charge in [-0.25, -0.2) is 10.4 Å². The van der Waals surface area contributed by atoms with Gasteiger partial charge in [-0.1, -0.05) is 11.6 Å². The largest absolute Gasteiger partial charge is 0.417 e. The second kappa shape index (κ2) is 7.11. The first kappa shape index (κ1) is 17.0. The van der Waals surface area contributed by atoms with Crippen LogP contribution in [-0.4, -0.2) is 42.8 Å². The van der Waals surface area contributed by atoms with Crippen molar-refractivity contribution in [2.75, 3.05) is 26.0 Å². The first-order chi connectivity index (χ1) is 9.70. The third-order valence-electron chi connectivity index (χ3n) is 2.06. The molecule has 21 heavy (non-hydrogen) atoms. The van der Waals surface area contributed by atoms with E-state index >= 15 is 0 Å². The lowest BCUT2D eigenvalue weighted by atomic mass is 10.3. The molecule has 6 nitrogen and oxygen atoms in total. The van der Waals surface area contributed by atoms with Gasteiger partial charge in [0.25, 0.3) is 5.91 Å². The normalized spacial score (nSPS) is 11.5. The van der Waals surface area contributed by atoms with E-state index in [1.807, 2.05) is 0 Å². The highest BCUT2D eigenvalue weighted by atomic mass is 35.5. The molecule has 0 spiro atoms. The van der Waals surface area contributed by atoms with Crippen LogP contribution in [0.1, 0.15) is 5.56 Å². The number of amides is 1. The molecule has 0 atom stereocenters. The van der Waals surface area contributed by atoms with Crippen LogP contribution in [0.4, 0.5) is 19.0 Å². The van der Waals surface area contributed by atoms with Crippen LogP contribution in [0.2, 0.25) is 5.02 Å². The van der Waals surface area contributed by atoms with Gasteiger partial charge in [0.15, 0.2) is 0 Å². The number of rotatable bonds is 5. The molecule has 0 saturated carbocycles. The van der Waals surface area contributed by atoms with E-state index in [1.54, 1.807) is 19.0 Å². The molecule has 1 amide bonds. The summed E-state index contributed by atoms with van der Waals surface area (Å²) >= 11 is 5.67. The van der Waals surface area contributed by atoms with Crippen molar-refractivity contribution in [2.24, 2.45) is 5.10 Å². The smallest absolute Gasteiger partial charge is 0.367 e. The molecule has 0 saturated heterocycles. The van der Waals surface area contributed by atoms with E-state index in [4.69, 9.17) is 11.6 Å². The molecular formula is C11H13ClF3N5O. The zero-order chi connectivity index (χ0) is 16.0. The second-order valence-electron chi connectivity index (χ2n) is 4.15. The fraction of sp³-hybridized carbons (Fsp3) is 0.364. The minimum Gasteiger partial charge on any atom is -0.367 e. The molecule has 1 aromatic heterocycles. The molecule has 116 valence electrons. The Bertz CT molecular complexity index is 533. The van der Waals surface area contributed by atoms with E-state index in [-0.39, 0.29) is 17.4 Å². The summed E-state index contributed by atoms with van der Waals surface area (Å²) < 4.78 is 37.2. The van der Waals surface area contributed by atoms with Crippen LogP contribution >= 0.6 is 11.6 Å². The Morgan fingerprint density at radius 1 is 1.52 bits per heavy atom. The van der Waals surface area contributed by atoms with E-state index in [9.17, 15) is 18.0 Å². The van der Waals surface area contributed by atoms with Gasteiger partial charge in [-0.15, -0.1) is 0 Å². The molecule has 1 heterocycles. The summed E-state index contributed by atoms with van der Waals surface area (Å²) in [6.45, 7) is -0.233. The number of carbonyl (C=O) groups is 1. The molecule has 0 aliphatic heterocycles. The van der Waals surface area contributed by atoms with Crippen molar-refractivity contribution < 1.29 is 18.0 Å². The monoisotopic (exact) mass is 323 g/mol. The Labute approximate surface area is 124 Å². The van der Waals surface area contributed by atoms with Crippen molar-refractivity contribution in [3.05, 3.63) is 22.8 Å². The van der Waals surface area contributed by atoms with Gasteiger partial charge in [0, 0.05) is 20.3 Å². The Morgan fingerprint density at radius 3 is 2.71 bits per heavy atom. The average molecular weight is 324 g/mol. The molecule has 0 bridgehead atoms. The van der Waals surface area contributed by atoms with Gasteiger partial charge in [0.2, 0.25) is 0 Å². The van der Waals surface area contributed by atoms with Crippen LogP contribution in [0.3, 0.4) is 0 Å². The molecule has 0 aromatic carbocycles. The molecule has 0 unspecified atom stereocenters. The number of halogens is 4. The number of aromatic nitrogens is 1. The van der Waals surface area contributed by atoms with Gasteiger partial charge in [-0.3, -0.25) is 4.79 Å². The topological polar surface area (TPSA) is 69.6 Å². The number of pyridine rings is 1. The van der Waals surface area contributed by atoms with Crippen LogP contribution in [0.5, 0.6) is 0 Å². The van der Waals surface area contributed by atoms with Gasteiger partial charge in [-0.2, -0.15) is 18.3 Å². The third-order valence-corrected chi connectivity index (χ3v) is 2.35. The SMILES string of the molecule is CN(C)/C=N/NC(=O)CNc1ncc(C(F)(F)F)cc1Cl. The second-order valence-corrected chi connectivity index (χ2v) is 4.56. The number of nitrogens with zero attached hydrogens (tertiary/aromatic N) is 3. The van der Waals surface area contributed by atoms with Crippen LogP contribution in [0, 0.1) is 0 Å². The van der Waals surface area contributed by atoms with Crippen LogP contribution in [0.25, 0.3) is 0 Å². The van der Waals surface area contributed by atoms with Gasteiger partial charge in [0.1, 0.15) is 12.2 Å². The number of carbonyl (C=O) groups excluding carboxylic acids is 1. The van der Waals surface area contributed by atoms with Gasteiger partial charge in [-0.05, 0) is 6.07 Å². The summed E-state index contributed by atoms with van der Waals surface area (Å²) in [6, 6.07) is 0.735. The maximum Gasteiger partial charge on any atom is 0.417 e. The maximum atomic E-state index is 12.4. The standard InChI is InChI=1S/C11H13ClF3N5O/c1-20(2)6-18-19-9(21)5-17-10-8(12)3-7(4-16-10)11(13,14)15/h3-4,6H,5H2,1-2H3,(H,16,17)(H,19,21)/b18-6+. The van der Waals surface area contributed by atoms with E-state index in [0.717, 1.165) is 6.07 Å². The lowest BCUT2D eigenvalue weighted by Gasteiger charge is -2.10. The highest BCUT2D eigenvalue weighted by molar-refractivity contribution is 6.33. The van der Waals surface area contributed by atoms with Crippen molar-refractivity contribution in [3.63, 3.8) is 0 Å². The first-order valence-electron chi connectivity index (χ1n) is 5.65. The Balaban J connectivity index is 2.58. The summed E-state index contributed by atoms with van der Waals surface area (Å²) in [4.78, 5) is 16.5. The lowest BCUT2D eigenvalue weighted by molar-refractivity contribution is -0.137. The molecule has 1 aromatic rings. The van der Waals surface area contributed by atoms with Crippen LogP contribution in [-0.2, 0) is 11.0 Å². The predicted molar refractivity (Wildman–Crippen MR) is 73.1 cm³/mol. The van der Waals surface area contributed by atoms with E-state index in [2.05, 4.69) is 20.8 Å². The maximum absolute atomic E-state index is 12.4. The fourth-order valence-corrected chi connectivity index (χ4v) is 1.38. The molecule has 1 rings (SSSR count). The number of hydrazone groups is 1. The molecule has 0 fully saturated rings. The fourth-order valence-electron chi connectivity index (χ4n) is 1.14. The minimum atomic E-state index is -4.52. The molecule has 10 heteroatoms. The summed E-state index contributed by atoms with van der Waals surface area (Å²) in [6.07, 6.45) is -2.51. The molecule has 2 N–H and O–H groups in total. The number of anilines is 1. The molecule has 0 aliphatic rings. The average Bonchev–Trinajstić information content (AvgIpc) is 2.35. The van der Waals surface area contributed by atoms with Crippen LogP contribution in [0.15, 0.2) is 17.4 Å². The van der Waals surface area contributed by atoms with Gasteiger partial charge < -0.3 is 10.2 Å². The van der Waals surface area contributed by atoms with E-state index in [0.29, 0.717) is 6.20 Å². The quantitative estimate of drug-likeness (QED) is 0.492. The van der Waals surface area contributed by atoms with Crippen molar-refractivity contribution in [1.82, 2.24) is 15.3 Å². The Kier molecular flexibility index (Phi) is 5.77. The summed E-state index contributed by atoms with van der Waals surface area (Å²) in [5.74, 6) is -0.512. The Hall–Kier alpha value is -2.03. The molecule has 0 radical (unpaired) electrons. The number of nitrogens with one attached hydrogen (secondary N) is 2. The number of hydrogen-bond donors (Lipinski definition) is 2. The summed E-state index contributed by atoms with van der Waals surface area (Å²) in [5, 5.41) is 5.90. The highest BCUT2D eigenvalue weighted by Gasteiger charge is 2.31. The van der Waals surface area contributed by atoms with Crippen LogP contribution < -0.4 is 10.7 Å².